The van der Waals surface area contributed by atoms with Crippen molar-refractivity contribution in [3.8, 4) is 0 Å². The summed E-state index contributed by atoms with van der Waals surface area (Å²) >= 11 is 0. The Labute approximate surface area is 119 Å². The van der Waals surface area contributed by atoms with Crippen molar-refractivity contribution >= 4 is 0 Å². The van der Waals surface area contributed by atoms with Gasteiger partial charge in [0.05, 0.1) is 0 Å². The minimum Gasteiger partial charge on any atom is -0.314 e. The molecule has 19 heavy (non-hydrogen) atoms. The van der Waals surface area contributed by atoms with Crippen LogP contribution in [0.4, 0.5) is 0 Å². The average Bonchev–Trinajstić information content (AvgIpc) is 2.41. The summed E-state index contributed by atoms with van der Waals surface area (Å²) in [6.45, 7) is 10.2. The number of hydrogen-bond acceptors (Lipinski definition) is 1. The van der Waals surface area contributed by atoms with Crippen molar-refractivity contribution in [3.63, 3.8) is 0 Å². The number of benzene rings is 1. The summed E-state index contributed by atoms with van der Waals surface area (Å²) in [7, 11) is 0. The highest BCUT2D eigenvalue weighted by Gasteiger charge is 2.14. The third kappa shape index (κ3) is 6.24. The molecule has 1 aromatic rings. The molecule has 0 saturated carbocycles. The van der Waals surface area contributed by atoms with Crippen LogP contribution in [0.3, 0.4) is 0 Å². The summed E-state index contributed by atoms with van der Waals surface area (Å²) in [6, 6.07) is 9.58. The van der Waals surface area contributed by atoms with Crippen LogP contribution in [0.1, 0.15) is 57.6 Å². The van der Waals surface area contributed by atoms with Crippen molar-refractivity contribution in [2.24, 2.45) is 5.92 Å². The van der Waals surface area contributed by atoms with Crippen LogP contribution in [0.15, 0.2) is 24.3 Å². The van der Waals surface area contributed by atoms with E-state index in [0.29, 0.717) is 6.04 Å². The number of aryl methyl sites for hydroxylation is 1. The van der Waals surface area contributed by atoms with Crippen LogP contribution in [-0.4, -0.2) is 12.6 Å². The van der Waals surface area contributed by atoms with Crippen molar-refractivity contribution in [1.29, 1.82) is 0 Å². The Balaban J connectivity index is 2.62. The van der Waals surface area contributed by atoms with Gasteiger partial charge in [-0.3, -0.25) is 0 Å². The molecular formula is C18H31N. The molecule has 1 N–H and O–H groups in total. The largest absolute Gasteiger partial charge is 0.314 e. The van der Waals surface area contributed by atoms with Gasteiger partial charge in [0.2, 0.25) is 0 Å². The SMILES string of the molecule is CCCNC(Cc1cccc(C)c1)CC(CC)CC. The maximum atomic E-state index is 3.74. The highest BCUT2D eigenvalue weighted by atomic mass is 14.9. The second-order valence-electron chi connectivity index (χ2n) is 5.76. The molecule has 0 aliphatic carbocycles. The molecule has 0 amide bonds. The van der Waals surface area contributed by atoms with Crippen LogP contribution in [0.2, 0.25) is 0 Å². The maximum Gasteiger partial charge on any atom is 0.0110 e. The van der Waals surface area contributed by atoms with E-state index in [-0.39, 0.29) is 0 Å². The van der Waals surface area contributed by atoms with Crippen molar-refractivity contribution in [1.82, 2.24) is 5.32 Å². The Bertz CT molecular complexity index is 341. The first kappa shape index (κ1) is 16.2. The zero-order valence-corrected chi connectivity index (χ0v) is 13.2. The topological polar surface area (TPSA) is 12.0 Å². The Kier molecular flexibility index (Phi) is 7.81. The fourth-order valence-electron chi connectivity index (χ4n) is 2.74. The van der Waals surface area contributed by atoms with E-state index in [1.807, 2.05) is 0 Å². The molecule has 1 unspecified atom stereocenters. The molecule has 0 bridgehead atoms. The van der Waals surface area contributed by atoms with Gasteiger partial charge in [0, 0.05) is 6.04 Å². The summed E-state index contributed by atoms with van der Waals surface area (Å²) in [6.07, 6.45) is 6.29. The minimum atomic E-state index is 0.631. The average molecular weight is 261 g/mol. The smallest absolute Gasteiger partial charge is 0.0110 e. The molecule has 0 aromatic heterocycles. The first-order valence-electron chi connectivity index (χ1n) is 7.98. The Morgan fingerprint density at radius 2 is 1.84 bits per heavy atom. The summed E-state index contributed by atoms with van der Waals surface area (Å²) in [5.74, 6) is 0.860. The van der Waals surface area contributed by atoms with Crippen LogP contribution in [0.25, 0.3) is 0 Å². The normalized spacial score (nSPS) is 12.9. The number of nitrogens with one attached hydrogen (secondary N) is 1. The Morgan fingerprint density at radius 3 is 2.42 bits per heavy atom. The molecule has 0 aliphatic rings. The summed E-state index contributed by atoms with van der Waals surface area (Å²) in [4.78, 5) is 0. The first-order chi connectivity index (χ1) is 9.19. The van der Waals surface area contributed by atoms with Gasteiger partial charge in [-0.1, -0.05) is 63.4 Å². The Morgan fingerprint density at radius 1 is 1.11 bits per heavy atom. The fourth-order valence-corrected chi connectivity index (χ4v) is 2.74. The van der Waals surface area contributed by atoms with E-state index in [9.17, 15) is 0 Å². The highest BCUT2D eigenvalue weighted by molar-refractivity contribution is 5.23. The number of rotatable bonds is 9. The zero-order valence-electron chi connectivity index (χ0n) is 13.2. The van der Waals surface area contributed by atoms with Gasteiger partial charge >= 0.3 is 0 Å². The van der Waals surface area contributed by atoms with Crippen molar-refractivity contribution < 1.29 is 0 Å². The van der Waals surface area contributed by atoms with Gasteiger partial charge in [-0.05, 0) is 44.2 Å². The third-order valence-electron chi connectivity index (χ3n) is 4.02. The summed E-state index contributed by atoms with van der Waals surface area (Å²) < 4.78 is 0. The fraction of sp³-hybridized carbons (Fsp3) is 0.667. The second kappa shape index (κ2) is 9.14. The molecule has 0 spiro atoms. The van der Waals surface area contributed by atoms with E-state index >= 15 is 0 Å². The van der Waals surface area contributed by atoms with Gasteiger partial charge < -0.3 is 5.32 Å². The van der Waals surface area contributed by atoms with Gasteiger partial charge in [-0.15, -0.1) is 0 Å². The second-order valence-corrected chi connectivity index (χ2v) is 5.76. The van der Waals surface area contributed by atoms with Crippen molar-refractivity contribution in [2.75, 3.05) is 6.54 Å². The molecule has 1 heteroatoms. The van der Waals surface area contributed by atoms with Gasteiger partial charge in [-0.2, -0.15) is 0 Å². The molecule has 0 radical (unpaired) electrons. The zero-order chi connectivity index (χ0) is 14.1. The predicted molar refractivity (Wildman–Crippen MR) is 85.7 cm³/mol. The van der Waals surface area contributed by atoms with Crippen molar-refractivity contribution in [3.05, 3.63) is 35.4 Å². The van der Waals surface area contributed by atoms with Gasteiger partial charge in [0.1, 0.15) is 0 Å². The Hall–Kier alpha value is -0.820. The van der Waals surface area contributed by atoms with E-state index in [2.05, 4.69) is 57.3 Å². The monoisotopic (exact) mass is 261 g/mol. The van der Waals surface area contributed by atoms with E-state index in [1.165, 1.54) is 36.8 Å². The van der Waals surface area contributed by atoms with Gasteiger partial charge in [0.25, 0.3) is 0 Å². The van der Waals surface area contributed by atoms with E-state index in [4.69, 9.17) is 0 Å². The number of hydrogen-bond donors (Lipinski definition) is 1. The van der Waals surface area contributed by atoms with Gasteiger partial charge in [-0.25, -0.2) is 0 Å². The van der Waals surface area contributed by atoms with Crippen LogP contribution in [0, 0.1) is 12.8 Å². The van der Waals surface area contributed by atoms with Crippen molar-refractivity contribution in [2.45, 2.75) is 65.8 Å². The molecular weight excluding hydrogens is 230 g/mol. The molecule has 108 valence electrons. The quantitative estimate of drug-likeness (QED) is 0.677. The molecule has 0 saturated heterocycles. The van der Waals surface area contributed by atoms with E-state index in [0.717, 1.165) is 18.9 Å². The van der Waals surface area contributed by atoms with Crippen LogP contribution < -0.4 is 5.32 Å². The maximum absolute atomic E-state index is 3.74. The van der Waals surface area contributed by atoms with Crippen LogP contribution in [0.5, 0.6) is 0 Å². The molecule has 0 aliphatic heterocycles. The predicted octanol–water partition coefficient (Wildman–Crippen LogP) is 4.73. The third-order valence-corrected chi connectivity index (χ3v) is 4.02. The highest BCUT2D eigenvalue weighted by Crippen LogP contribution is 2.18. The lowest BCUT2D eigenvalue weighted by Gasteiger charge is -2.23. The lowest BCUT2D eigenvalue weighted by molar-refractivity contribution is 0.363. The molecule has 1 nitrogen and oxygen atoms in total. The summed E-state index contributed by atoms with van der Waals surface area (Å²) in [5.41, 5.74) is 2.84. The lowest BCUT2D eigenvalue weighted by atomic mass is 9.91. The van der Waals surface area contributed by atoms with E-state index in [1.54, 1.807) is 0 Å². The molecule has 0 fully saturated rings. The van der Waals surface area contributed by atoms with E-state index < -0.39 is 0 Å². The lowest BCUT2D eigenvalue weighted by Crippen LogP contribution is -2.33. The van der Waals surface area contributed by atoms with Gasteiger partial charge in [0.15, 0.2) is 0 Å². The van der Waals surface area contributed by atoms with Crippen LogP contribution in [-0.2, 0) is 6.42 Å². The summed E-state index contributed by atoms with van der Waals surface area (Å²) in [5, 5.41) is 3.74. The minimum absolute atomic E-state index is 0.631. The standard InChI is InChI=1S/C18H31N/c1-5-11-19-18(13-16(6-2)7-3)14-17-10-8-9-15(4)12-17/h8-10,12,16,18-19H,5-7,11,13-14H2,1-4H3. The molecule has 1 aromatic carbocycles. The van der Waals surface area contributed by atoms with Crippen LogP contribution >= 0.6 is 0 Å². The first-order valence-corrected chi connectivity index (χ1v) is 7.98. The molecule has 1 rings (SSSR count). The molecule has 1 atom stereocenters. The molecule has 0 heterocycles.